The Morgan fingerprint density at radius 3 is 1.33 bits per heavy atom. The topological polar surface area (TPSA) is 121 Å². The summed E-state index contributed by atoms with van der Waals surface area (Å²) in [4.78, 5) is 0. The van der Waals surface area contributed by atoms with Crippen LogP contribution in [0.5, 0.6) is 0 Å². The zero-order valence-corrected chi connectivity index (χ0v) is 17.9. The minimum absolute atomic E-state index is 0.452. The molecule has 0 fully saturated rings. The number of hydrogen-bond donors (Lipinski definition) is 6. The van der Waals surface area contributed by atoms with E-state index < -0.39 is 35.9 Å². The molecule has 0 bridgehead atoms. The van der Waals surface area contributed by atoms with Gasteiger partial charge < -0.3 is 30.6 Å². The van der Waals surface area contributed by atoms with Crippen LogP contribution in [0.2, 0.25) is 10.0 Å². The molecule has 0 saturated carbocycles. The van der Waals surface area contributed by atoms with Gasteiger partial charge in [0.25, 0.3) is 0 Å². The molecule has 2 rings (SSSR count). The lowest BCUT2D eigenvalue weighted by atomic mass is 9.98. The van der Waals surface area contributed by atoms with Crippen molar-refractivity contribution < 1.29 is 30.6 Å². The number of benzene rings is 2. The quantitative estimate of drug-likeness (QED) is 0.355. The summed E-state index contributed by atoms with van der Waals surface area (Å²) in [5.74, 6) is -1.30. The SMILES string of the molecule is Cc1ccc(C=C(O)[C@@H](O)[C@@H](O)[C@H](O)[C@@H](O)C(O)=Cc2ccc(C)c(Cl)c2)cc1Cl. The Morgan fingerprint density at radius 2 is 1.03 bits per heavy atom. The predicted octanol–water partition coefficient (Wildman–Crippen LogP) is 3.55. The van der Waals surface area contributed by atoms with Crippen LogP contribution in [0.25, 0.3) is 12.2 Å². The van der Waals surface area contributed by atoms with Crippen LogP contribution < -0.4 is 0 Å². The maximum absolute atomic E-state index is 10.2. The minimum Gasteiger partial charge on any atom is -0.509 e. The molecule has 0 unspecified atom stereocenters. The second-order valence-electron chi connectivity index (χ2n) is 7.03. The van der Waals surface area contributed by atoms with Crippen molar-refractivity contribution in [3.63, 3.8) is 0 Å². The van der Waals surface area contributed by atoms with Crippen LogP contribution in [-0.2, 0) is 0 Å². The van der Waals surface area contributed by atoms with Crippen LogP contribution in [0.1, 0.15) is 22.3 Å². The molecule has 6 nitrogen and oxygen atoms in total. The highest BCUT2D eigenvalue weighted by molar-refractivity contribution is 6.31. The Kier molecular flexibility index (Phi) is 8.32. The number of hydrogen-bond acceptors (Lipinski definition) is 6. The Labute approximate surface area is 184 Å². The fraction of sp³-hybridized carbons (Fsp3) is 0.273. The Bertz CT molecular complexity index is 879. The van der Waals surface area contributed by atoms with E-state index in [0.717, 1.165) is 11.1 Å². The van der Waals surface area contributed by atoms with Crippen molar-refractivity contribution >= 4 is 35.4 Å². The fourth-order valence-corrected chi connectivity index (χ4v) is 3.01. The van der Waals surface area contributed by atoms with Crippen LogP contribution >= 0.6 is 23.2 Å². The average Bonchev–Trinajstić information content (AvgIpc) is 2.71. The second kappa shape index (κ2) is 10.3. The normalized spacial score (nSPS) is 16.8. The standard InChI is InChI=1S/C22H24Cl2O6/c1-11-3-5-13(7-15(11)23)9-17(25)19(27)21(29)22(30)20(28)18(26)10-14-6-4-12(2)16(24)8-14/h3-10,19-22,25-30H,1-2H3/t19-,20+,21-,22-/m1/s1. The van der Waals surface area contributed by atoms with Crippen molar-refractivity contribution in [2.24, 2.45) is 0 Å². The van der Waals surface area contributed by atoms with E-state index in [1.54, 1.807) is 50.2 Å². The van der Waals surface area contributed by atoms with Crippen LogP contribution in [0.15, 0.2) is 47.9 Å². The first-order valence-electron chi connectivity index (χ1n) is 9.07. The number of halogens is 2. The smallest absolute Gasteiger partial charge is 0.139 e. The first-order valence-corrected chi connectivity index (χ1v) is 9.82. The molecule has 2 aromatic rings. The molecule has 0 saturated heterocycles. The molecule has 8 heteroatoms. The maximum atomic E-state index is 10.2. The van der Waals surface area contributed by atoms with E-state index in [1.807, 2.05) is 0 Å². The highest BCUT2D eigenvalue weighted by atomic mass is 35.5. The van der Waals surface area contributed by atoms with Gasteiger partial charge in [0.15, 0.2) is 0 Å². The van der Waals surface area contributed by atoms with Crippen molar-refractivity contribution in [3.05, 3.63) is 80.2 Å². The predicted molar refractivity (Wildman–Crippen MR) is 118 cm³/mol. The number of aliphatic hydroxyl groups is 6. The van der Waals surface area contributed by atoms with Gasteiger partial charge in [-0.15, -0.1) is 0 Å². The molecular weight excluding hydrogens is 431 g/mol. The summed E-state index contributed by atoms with van der Waals surface area (Å²) in [6, 6.07) is 9.82. The van der Waals surface area contributed by atoms with Crippen LogP contribution in [0.4, 0.5) is 0 Å². The Balaban J connectivity index is 2.14. The van der Waals surface area contributed by atoms with Gasteiger partial charge in [-0.3, -0.25) is 0 Å². The van der Waals surface area contributed by atoms with Crippen molar-refractivity contribution in [2.75, 3.05) is 0 Å². The van der Waals surface area contributed by atoms with Crippen molar-refractivity contribution in [1.82, 2.24) is 0 Å². The largest absolute Gasteiger partial charge is 0.509 e. The monoisotopic (exact) mass is 454 g/mol. The second-order valence-corrected chi connectivity index (χ2v) is 7.84. The van der Waals surface area contributed by atoms with Gasteiger partial charge in [-0.1, -0.05) is 47.5 Å². The third-order valence-electron chi connectivity index (χ3n) is 4.62. The molecule has 0 radical (unpaired) electrons. The van der Waals surface area contributed by atoms with Gasteiger partial charge in [0.1, 0.15) is 35.9 Å². The lowest BCUT2D eigenvalue weighted by Gasteiger charge is -2.26. The zero-order valence-electron chi connectivity index (χ0n) is 16.4. The summed E-state index contributed by atoms with van der Waals surface area (Å²) in [6.07, 6.45) is -5.48. The van der Waals surface area contributed by atoms with Gasteiger partial charge in [-0.25, -0.2) is 0 Å². The molecule has 4 atom stereocenters. The number of aliphatic hydroxyl groups excluding tert-OH is 6. The third-order valence-corrected chi connectivity index (χ3v) is 5.44. The summed E-state index contributed by atoms with van der Waals surface area (Å²) in [5, 5.41) is 61.7. The molecule has 0 amide bonds. The average molecular weight is 455 g/mol. The molecule has 162 valence electrons. The van der Waals surface area contributed by atoms with Crippen molar-refractivity contribution in [1.29, 1.82) is 0 Å². The molecule has 0 aliphatic rings. The van der Waals surface area contributed by atoms with Crippen LogP contribution in [0.3, 0.4) is 0 Å². The zero-order chi connectivity index (χ0) is 22.6. The fourth-order valence-electron chi connectivity index (χ4n) is 2.63. The van der Waals surface area contributed by atoms with Gasteiger partial charge in [0.05, 0.1) is 0 Å². The van der Waals surface area contributed by atoms with E-state index in [2.05, 4.69) is 0 Å². The van der Waals surface area contributed by atoms with E-state index in [4.69, 9.17) is 23.2 Å². The molecule has 0 aromatic heterocycles. The van der Waals surface area contributed by atoms with E-state index >= 15 is 0 Å². The molecular formula is C22H24Cl2O6. The van der Waals surface area contributed by atoms with E-state index in [-0.39, 0.29) is 0 Å². The van der Waals surface area contributed by atoms with Crippen LogP contribution in [-0.4, -0.2) is 55.1 Å². The lowest BCUT2D eigenvalue weighted by Crippen LogP contribution is -2.45. The molecule has 0 aliphatic carbocycles. The van der Waals surface area contributed by atoms with Crippen molar-refractivity contribution in [3.8, 4) is 0 Å². The van der Waals surface area contributed by atoms with Crippen LogP contribution in [0, 0.1) is 13.8 Å². The number of aryl methyl sites for hydroxylation is 2. The van der Waals surface area contributed by atoms with Gasteiger partial charge in [0, 0.05) is 10.0 Å². The summed E-state index contributed by atoms with van der Waals surface area (Å²) in [7, 11) is 0. The van der Waals surface area contributed by atoms with E-state index in [0.29, 0.717) is 21.2 Å². The highest BCUT2D eigenvalue weighted by Gasteiger charge is 2.34. The minimum atomic E-state index is -1.99. The summed E-state index contributed by atoms with van der Waals surface area (Å²) >= 11 is 12.0. The summed E-state index contributed by atoms with van der Waals surface area (Å²) in [6.45, 7) is 3.60. The number of rotatable bonds is 7. The Hall–Kier alpha value is -2.06. The molecule has 6 N–H and O–H groups in total. The van der Waals surface area contributed by atoms with Gasteiger partial charge in [-0.05, 0) is 60.4 Å². The molecule has 0 aliphatic heterocycles. The summed E-state index contributed by atoms with van der Waals surface area (Å²) < 4.78 is 0. The first-order chi connectivity index (χ1) is 14.0. The molecule has 2 aromatic carbocycles. The molecule has 0 spiro atoms. The molecule has 0 heterocycles. The Morgan fingerprint density at radius 1 is 0.700 bits per heavy atom. The molecule has 30 heavy (non-hydrogen) atoms. The van der Waals surface area contributed by atoms with E-state index in [9.17, 15) is 30.6 Å². The van der Waals surface area contributed by atoms with E-state index in [1.165, 1.54) is 12.2 Å². The first kappa shape index (κ1) is 24.2. The van der Waals surface area contributed by atoms with Gasteiger partial charge in [-0.2, -0.15) is 0 Å². The highest BCUT2D eigenvalue weighted by Crippen LogP contribution is 2.22. The maximum Gasteiger partial charge on any atom is 0.139 e. The van der Waals surface area contributed by atoms with Crippen molar-refractivity contribution in [2.45, 2.75) is 38.3 Å². The third kappa shape index (κ3) is 5.98. The van der Waals surface area contributed by atoms with Gasteiger partial charge >= 0.3 is 0 Å². The summed E-state index contributed by atoms with van der Waals surface area (Å²) in [5.41, 5.74) is 2.57. The lowest BCUT2D eigenvalue weighted by molar-refractivity contribution is -0.0996. The van der Waals surface area contributed by atoms with Gasteiger partial charge in [0.2, 0.25) is 0 Å².